The minimum absolute atomic E-state index is 0. The van der Waals surface area contributed by atoms with E-state index in [1.165, 1.54) is 18.9 Å². The number of hydrogen-bond acceptors (Lipinski definition) is 2. The van der Waals surface area contributed by atoms with Gasteiger partial charge in [0.05, 0.1) is 0 Å². The molecule has 0 radical (unpaired) electrons. The summed E-state index contributed by atoms with van der Waals surface area (Å²) in [7, 11) is 1.87. The summed E-state index contributed by atoms with van der Waals surface area (Å²) in [6.45, 7) is 0. The normalized spacial score (nSPS) is 33.7. The third-order valence-corrected chi connectivity index (χ3v) is 5.81. The number of piperidine rings is 1. The highest BCUT2D eigenvalue weighted by Gasteiger charge is 2.48. The third-order valence-electron chi connectivity index (χ3n) is 5.81. The molecule has 1 aromatic rings. The number of carbonyl (C=O) groups excluding carboxylic acids is 1. The fraction of sp³-hybridized carbons (Fsp3) is 0.611. The van der Waals surface area contributed by atoms with Crippen molar-refractivity contribution in [2.75, 3.05) is 7.05 Å². The Balaban J connectivity index is 0.00000169. The van der Waals surface area contributed by atoms with E-state index in [9.17, 15) is 13.6 Å². The maximum absolute atomic E-state index is 13.9. The predicted molar refractivity (Wildman–Crippen MR) is 90.2 cm³/mol. The zero-order valence-corrected chi connectivity index (χ0v) is 14.5. The van der Waals surface area contributed by atoms with Crippen molar-refractivity contribution in [3.05, 3.63) is 35.4 Å². The lowest BCUT2D eigenvalue weighted by Crippen LogP contribution is -2.49. The third kappa shape index (κ3) is 3.16. The van der Waals surface area contributed by atoms with Crippen LogP contribution in [0.15, 0.2) is 18.2 Å². The van der Waals surface area contributed by atoms with E-state index in [1.54, 1.807) is 0 Å². The van der Waals surface area contributed by atoms with Crippen LogP contribution in [0, 0.1) is 17.6 Å². The Morgan fingerprint density at radius 1 is 1.17 bits per heavy atom. The average molecular weight is 357 g/mol. The summed E-state index contributed by atoms with van der Waals surface area (Å²) in [5, 5.41) is 3.58. The highest BCUT2D eigenvalue weighted by Crippen LogP contribution is 2.49. The van der Waals surface area contributed by atoms with Crippen LogP contribution >= 0.6 is 12.4 Å². The molecule has 1 N–H and O–H groups in total. The molecule has 1 aliphatic carbocycles. The molecule has 1 amide bonds. The highest BCUT2D eigenvalue weighted by atomic mass is 35.5. The van der Waals surface area contributed by atoms with Gasteiger partial charge in [-0.05, 0) is 61.8 Å². The first-order chi connectivity index (χ1) is 11.0. The van der Waals surface area contributed by atoms with Gasteiger partial charge >= 0.3 is 0 Å². The molecule has 0 spiro atoms. The predicted octanol–water partition coefficient (Wildman–Crippen LogP) is 3.23. The van der Waals surface area contributed by atoms with Crippen LogP contribution < -0.4 is 5.32 Å². The minimum Gasteiger partial charge on any atom is -0.342 e. The second-order valence-electron chi connectivity index (χ2n) is 7.33. The number of carbonyl (C=O) groups is 1. The van der Waals surface area contributed by atoms with Crippen LogP contribution in [0.3, 0.4) is 0 Å². The van der Waals surface area contributed by atoms with E-state index < -0.39 is 11.6 Å². The number of benzene rings is 1. The van der Waals surface area contributed by atoms with Gasteiger partial charge in [-0.2, -0.15) is 0 Å². The minimum atomic E-state index is -0.442. The summed E-state index contributed by atoms with van der Waals surface area (Å²) in [4.78, 5) is 14.6. The zero-order chi connectivity index (χ0) is 16.1. The quantitative estimate of drug-likeness (QED) is 0.901. The Morgan fingerprint density at radius 3 is 2.50 bits per heavy atom. The number of halogens is 3. The molecule has 4 atom stereocenters. The standard InChI is InChI=1S/C18H22F2N2O.ClH/c1-22(13-7-11-3-4-12(8-13)21-11)18(23)16-9-14(16)15-6-10(19)2-5-17(15)20;/h2,5-6,11-14,16,21H,3-4,7-9H2,1H3;1H. The van der Waals surface area contributed by atoms with Crippen LogP contribution in [-0.2, 0) is 4.79 Å². The summed E-state index contributed by atoms with van der Waals surface area (Å²) in [6.07, 6.45) is 5.03. The molecule has 4 unspecified atom stereocenters. The van der Waals surface area contributed by atoms with Gasteiger partial charge in [-0.25, -0.2) is 8.78 Å². The summed E-state index contributed by atoms with van der Waals surface area (Å²) in [6, 6.07) is 4.85. The summed E-state index contributed by atoms with van der Waals surface area (Å²) in [5.41, 5.74) is 0.349. The Labute approximate surface area is 147 Å². The topological polar surface area (TPSA) is 32.3 Å². The van der Waals surface area contributed by atoms with Gasteiger partial charge in [0.2, 0.25) is 5.91 Å². The number of hydrogen-bond donors (Lipinski definition) is 1. The Kier molecular flexibility index (Phi) is 4.85. The summed E-state index contributed by atoms with van der Waals surface area (Å²) < 4.78 is 27.2. The van der Waals surface area contributed by atoms with Gasteiger partial charge in [0, 0.05) is 31.1 Å². The average Bonchev–Trinajstić information content (AvgIpc) is 3.27. The van der Waals surface area contributed by atoms with Gasteiger partial charge in [-0.15, -0.1) is 12.4 Å². The van der Waals surface area contributed by atoms with Crippen molar-refractivity contribution in [3.63, 3.8) is 0 Å². The molecule has 2 aliphatic heterocycles. The Bertz CT molecular complexity index is 629. The number of nitrogens with one attached hydrogen (secondary N) is 1. The monoisotopic (exact) mass is 356 g/mol. The zero-order valence-electron chi connectivity index (χ0n) is 13.7. The lowest BCUT2D eigenvalue weighted by Gasteiger charge is -2.35. The van der Waals surface area contributed by atoms with E-state index in [0.29, 0.717) is 24.1 Å². The maximum atomic E-state index is 13.9. The van der Waals surface area contributed by atoms with E-state index in [1.807, 2.05) is 11.9 Å². The van der Waals surface area contributed by atoms with Crippen LogP contribution in [-0.4, -0.2) is 36.0 Å². The molecule has 2 heterocycles. The SMILES string of the molecule is CN(C(=O)C1CC1c1cc(F)ccc1F)C1CC2CCC(C1)N2.Cl. The van der Waals surface area contributed by atoms with Crippen LogP contribution in [0.5, 0.6) is 0 Å². The molecule has 3 fully saturated rings. The van der Waals surface area contributed by atoms with E-state index in [-0.39, 0.29) is 36.2 Å². The molecule has 24 heavy (non-hydrogen) atoms. The van der Waals surface area contributed by atoms with Gasteiger partial charge < -0.3 is 10.2 Å². The summed E-state index contributed by atoms with van der Waals surface area (Å²) >= 11 is 0. The smallest absolute Gasteiger partial charge is 0.226 e. The first kappa shape index (κ1) is 17.6. The van der Waals surface area contributed by atoms with Crippen molar-refractivity contribution in [2.24, 2.45) is 5.92 Å². The number of amides is 1. The highest BCUT2D eigenvalue weighted by molar-refractivity contribution is 5.85. The molecule has 6 heteroatoms. The molecule has 1 saturated carbocycles. The molecular formula is C18H23ClF2N2O. The van der Waals surface area contributed by atoms with Gasteiger partial charge in [-0.1, -0.05) is 0 Å². The lowest BCUT2D eigenvalue weighted by atomic mass is 9.98. The first-order valence-electron chi connectivity index (χ1n) is 8.50. The van der Waals surface area contributed by atoms with E-state index in [0.717, 1.165) is 25.0 Å². The van der Waals surface area contributed by atoms with Crippen LogP contribution in [0.2, 0.25) is 0 Å². The molecule has 0 aromatic heterocycles. The maximum Gasteiger partial charge on any atom is 0.226 e. The molecule has 2 saturated heterocycles. The van der Waals surface area contributed by atoms with Crippen LogP contribution in [0.1, 0.15) is 43.6 Å². The summed E-state index contributed by atoms with van der Waals surface area (Å²) in [5.74, 6) is -1.12. The molecule has 4 rings (SSSR count). The van der Waals surface area contributed by atoms with E-state index >= 15 is 0 Å². The molecule has 3 nitrogen and oxygen atoms in total. The van der Waals surface area contributed by atoms with Crippen molar-refractivity contribution in [1.82, 2.24) is 10.2 Å². The molecule has 2 bridgehead atoms. The number of fused-ring (bicyclic) bond motifs is 2. The van der Waals surface area contributed by atoms with Crippen molar-refractivity contribution in [1.29, 1.82) is 0 Å². The molecule has 132 valence electrons. The number of nitrogens with zero attached hydrogens (tertiary/aromatic N) is 1. The second kappa shape index (κ2) is 6.60. The van der Waals surface area contributed by atoms with Gasteiger partial charge in [0.25, 0.3) is 0 Å². The fourth-order valence-corrected chi connectivity index (χ4v) is 4.40. The van der Waals surface area contributed by atoms with Gasteiger partial charge in [0.1, 0.15) is 11.6 Å². The van der Waals surface area contributed by atoms with E-state index in [4.69, 9.17) is 0 Å². The lowest BCUT2D eigenvalue weighted by molar-refractivity contribution is -0.134. The molecule has 1 aromatic carbocycles. The largest absolute Gasteiger partial charge is 0.342 e. The van der Waals surface area contributed by atoms with Crippen molar-refractivity contribution < 1.29 is 13.6 Å². The van der Waals surface area contributed by atoms with Gasteiger partial charge in [-0.3, -0.25) is 4.79 Å². The Morgan fingerprint density at radius 2 is 1.83 bits per heavy atom. The fourth-order valence-electron chi connectivity index (χ4n) is 4.40. The number of rotatable bonds is 3. The Hall–Kier alpha value is -1.20. The van der Waals surface area contributed by atoms with Crippen molar-refractivity contribution >= 4 is 18.3 Å². The first-order valence-corrected chi connectivity index (χ1v) is 8.50. The van der Waals surface area contributed by atoms with Crippen LogP contribution in [0.25, 0.3) is 0 Å². The van der Waals surface area contributed by atoms with Gasteiger partial charge in [0.15, 0.2) is 0 Å². The molecular weight excluding hydrogens is 334 g/mol. The van der Waals surface area contributed by atoms with Crippen molar-refractivity contribution in [2.45, 2.75) is 56.1 Å². The van der Waals surface area contributed by atoms with Crippen LogP contribution in [0.4, 0.5) is 8.78 Å². The van der Waals surface area contributed by atoms with E-state index in [2.05, 4.69) is 5.32 Å². The molecule has 3 aliphatic rings. The van der Waals surface area contributed by atoms with Crippen molar-refractivity contribution in [3.8, 4) is 0 Å². The second-order valence-corrected chi connectivity index (χ2v) is 7.33.